The van der Waals surface area contributed by atoms with Gasteiger partial charge >= 0.3 is 6.03 Å². The summed E-state index contributed by atoms with van der Waals surface area (Å²) in [5, 5.41) is 17.4. The number of carbonyl (C=O) groups excluding carboxylic acids is 4. The van der Waals surface area contributed by atoms with Crippen LogP contribution in [0.2, 0.25) is 0 Å². The molecule has 0 saturated carbocycles. The van der Waals surface area contributed by atoms with E-state index in [0.717, 1.165) is 116 Å². The molecule has 0 aliphatic carbocycles. The number of carbonyl (C=O) groups is 4. The number of aryl methyl sites for hydroxylation is 1. The van der Waals surface area contributed by atoms with E-state index in [9.17, 15) is 19.2 Å². The molecule has 6 heterocycles. The molecule has 4 N–H and O–H groups in total. The molecular formula is C45H59N11O4. The van der Waals surface area contributed by atoms with Gasteiger partial charge < -0.3 is 30.7 Å². The Morgan fingerprint density at radius 3 is 2.47 bits per heavy atom. The van der Waals surface area contributed by atoms with Gasteiger partial charge in [-0.3, -0.25) is 24.6 Å². The van der Waals surface area contributed by atoms with Gasteiger partial charge in [0.1, 0.15) is 17.7 Å². The van der Waals surface area contributed by atoms with Gasteiger partial charge in [0.05, 0.1) is 6.20 Å². The molecule has 4 aliphatic heterocycles. The molecule has 4 aromatic rings. The second kappa shape index (κ2) is 18.4. The summed E-state index contributed by atoms with van der Waals surface area (Å²) < 4.78 is 1.90. The quantitative estimate of drug-likeness (QED) is 0.0973. The smallest absolute Gasteiger partial charge is 0.321 e. The van der Waals surface area contributed by atoms with Crippen LogP contribution in [0.1, 0.15) is 97.3 Å². The number of anilines is 3. The maximum Gasteiger partial charge on any atom is 0.321 e. The summed E-state index contributed by atoms with van der Waals surface area (Å²) in [5.41, 5.74) is 6.70. The molecule has 0 spiro atoms. The van der Waals surface area contributed by atoms with E-state index in [1.807, 2.05) is 52.0 Å². The number of aromatic nitrogens is 3. The molecule has 3 fully saturated rings. The van der Waals surface area contributed by atoms with Gasteiger partial charge in [-0.25, -0.2) is 9.78 Å². The number of rotatable bonds is 14. The van der Waals surface area contributed by atoms with E-state index in [0.29, 0.717) is 50.1 Å². The predicted molar refractivity (Wildman–Crippen MR) is 232 cm³/mol. The maximum atomic E-state index is 13.2. The third-order valence-corrected chi connectivity index (χ3v) is 12.6. The van der Waals surface area contributed by atoms with E-state index in [2.05, 4.69) is 69.2 Å². The minimum atomic E-state index is -0.597. The third-order valence-electron chi connectivity index (χ3n) is 12.6. The van der Waals surface area contributed by atoms with Crippen molar-refractivity contribution in [2.24, 2.45) is 0 Å². The second-order valence-electron chi connectivity index (χ2n) is 17.2. The number of nitrogens with zero attached hydrogens (tertiary/aromatic N) is 7. The SMILES string of the molecule is CC(C)c1cnn2c(NCc3ccc(NC(=O)N4CCN(CCCCCc5cccc6c5CN(C5CCC(=O)NC5=O)C6=O)CC4)cc3)cc(NC3CCN(C)CC3)nc12. The fourth-order valence-electron chi connectivity index (χ4n) is 8.94. The summed E-state index contributed by atoms with van der Waals surface area (Å²) in [5.74, 6) is 1.27. The standard InChI is InChI=1S/C45H59N11O4/c1-30(2)36-28-47-56-40(26-39(50-42(36)56)48-34-17-20-52(3)21-18-34)46-27-31-11-13-33(14-12-31)49-45(60)54-24-22-53(23-25-54)19-6-4-5-8-32-9-7-10-35-37(32)29-55(44(35)59)38-15-16-41(57)51-43(38)58/h7,9-14,26,28,30,34,38,46H,4-6,8,15-25,27,29H2,1-3H3,(H,48,50)(H,49,60)(H,51,57,58). The number of likely N-dealkylation sites (tertiary alicyclic amines) is 1. The van der Waals surface area contributed by atoms with Crippen LogP contribution in [0.15, 0.2) is 54.7 Å². The second-order valence-corrected chi connectivity index (χ2v) is 17.2. The van der Waals surface area contributed by atoms with Gasteiger partial charge in [0.2, 0.25) is 11.8 Å². The van der Waals surface area contributed by atoms with E-state index < -0.39 is 6.04 Å². The van der Waals surface area contributed by atoms with Crippen molar-refractivity contribution in [2.75, 3.05) is 68.8 Å². The molecular weight excluding hydrogens is 759 g/mol. The highest BCUT2D eigenvalue weighted by Gasteiger charge is 2.39. The Labute approximate surface area is 352 Å². The molecule has 4 aliphatic rings. The number of benzene rings is 2. The Hall–Kier alpha value is -5.54. The van der Waals surface area contributed by atoms with Crippen LogP contribution < -0.4 is 21.3 Å². The van der Waals surface area contributed by atoms with Crippen molar-refractivity contribution in [3.05, 3.63) is 82.5 Å². The van der Waals surface area contributed by atoms with Crippen molar-refractivity contribution in [3.8, 4) is 0 Å². The normalized spacial score (nSPS) is 19.3. The summed E-state index contributed by atoms with van der Waals surface area (Å²) in [7, 11) is 2.17. The number of imide groups is 1. The highest BCUT2D eigenvalue weighted by molar-refractivity contribution is 6.05. The van der Waals surface area contributed by atoms with Crippen LogP contribution in [0, 0.1) is 0 Å². The van der Waals surface area contributed by atoms with Crippen molar-refractivity contribution in [2.45, 2.75) is 96.3 Å². The molecule has 15 nitrogen and oxygen atoms in total. The van der Waals surface area contributed by atoms with E-state index in [1.165, 1.54) is 0 Å². The first-order valence-electron chi connectivity index (χ1n) is 21.8. The Kier molecular flexibility index (Phi) is 12.6. The average Bonchev–Trinajstić information content (AvgIpc) is 3.83. The number of unbranched alkanes of at least 4 members (excludes halogenated alkanes) is 2. The van der Waals surface area contributed by atoms with E-state index in [4.69, 9.17) is 4.98 Å². The monoisotopic (exact) mass is 817 g/mol. The zero-order valence-electron chi connectivity index (χ0n) is 35.2. The van der Waals surface area contributed by atoms with E-state index in [-0.39, 0.29) is 30.2 Å². The zero-order chi connectivity index (χ0) is 41.8. The minimum Gasteiger partial charge on any atom is -0.367 e. The summed E-state index contributed by atoms with van der Waals surface area (Å²) in [6, 6.07) is 15.6. The van der Waals surface area contributed by atoms with Crippen LogP contribution in [-0.2, 0) is 29.1 Å². The summed E-state index contributed by atoms with van der Waals surface area (Å²) in [4.78, 5) is 63.8. The lowest BCUT2D eigenvalue weighted by molar-refractivity contribution is -0.136. The summed E-state index contributed by atoms with van der Waals surface area (Å²) >= 11 is 0. The topological polar surface area (TPSA) is 160 Å². The molecule has 1 atom stereocenters. The highest BCUT2D eigenvalue weighted by Crippen LogP contribution is 2.31. The number of nitrogens with one attached hydrogen (secondary N) is 4. The van der Waals surface area contributed by atoms with Crippen molar-refractivity contribution in [1.82, 2.24) is 39.5 Å². The third kappa shape index (κ3) is 9.42. The molecule has 3 saturated heterocycles. The number of hydrogen-bond donors (Lipinski definition) is 4. The number of amides is 5. The first-order valence-corrected chi connectivity index (χ1v) is 21.8. The van der Waals surface area contributed by atoms with Crippen LogP contribution in [0.4, 0.5) is 22.1 Å². The number of urea groups is 1. The summed E-state index contributed by atoms with van der Waals surface area (Å²) in [6.45, 7) is 11.5. The lowest BCUT2D eigenvalue weighted by Crippen LogP contribution is -2.52. The number of piperidine rings is 2. The lowest BCUT2D eigenvalue weighted by atomic mass is 9.98. The lowest BCUT2D eigenvalue weighted by Gasteiger charge is -2.34. The Bertz CT molecular complexity index is 2190. The molecule has 2 aromatic carbocycles. The van der Waals surface area contributed by atoms with Gasteiger partial charge in [0, 0.05) is 74.6 Å². The van der Waals surface area contributed by atoms with Crippen molar-refractivity contribution < 1.29 is 19.2 Å². The van der Waals surface area contributed by atoms with Crippen LogP contribution in [-0.4, -0.2) is 123 Å². The van der Waals surface area contributed by atoms with Crippen LogP contribution >= 0.6 is 0 Å². The van der Waals surface area contributed by atoms with E-state index in [1.54, 1.807) is 4.90 Å². The van der Waals surface area contributed by atoms with Crippen LogP contribution in [0.3, 0.4) is 0 Å². The molecule has 15 heteroatoms. The molecule has 318 valence electrons. The minimum absolute atomic E-state index is 0.0750. The predicted octanol–water partition coefficient (Wildman–Crippen LogP) is 5.29. The van der Waals surface area contributed by atoms with Gasteiger partial charge in [-0.2, -0.15) is 9.61 Å². The largest absolute Gasteiger partial charge is 0.367 e. The fourth-order valence-corrected chi connectivity index (χ4v) is 8.94. The highest BCUT2D eigenvalue weighted by atomic mass is 16.2. The van der Waals surface area contributed by atoms with Crippen molar-refractivity contribution >= 4 is 46.7 Å². The zero-order valence-corrected chi connectivity index (χ0v) is 35.2. The first-order chi connectivity index (χ1) is 29.1. The number of fused-ring (bicyclic) bond motifs is 2. The molecule has 2 aromatic heterocycles. The molecule has 8 rings (SSSR count). The van der Waals surface area contributed by atoms with Gasteiger partial charge in [-0.1, -0.05) is 44.5 Å². The van der Waals surface area contributed by atoms with Crippen LogP contribution in [0.5, 0.6) is 0 Å². The fraction of sp³-hybridized carbons (Fsp3) is 0.511. The molecule has 60 heavy (non-hydrogen) atoms. The van der Waals surface area contributed by atoms with E-state index >= 15 is 0 Å². The van der Waals surface area contributed by atoms with Crippen molar-refractivity contribution in [3.63, 3.8) is 0 Å². The van der Waals surface area contributed by atoms with Gasteiger partial charge in [-0.05, 0) is 106 Å². The molecule has 1 unspecified atom stereocenters. The maximum absolute atomic E-state index is 13.2. The Morgan fingerprint density at radius 1 is 0.933 bits per heavy atom. The molecule has 0 bridgehead atoms. The van der Waals surface area contributed by atoms with Gasteiger partial charge in [0.25, 0.3) is 5.91 Å². The Balaban J connectivity index is 0.759. The number of hydrogen-bond acceptors (Lipinski definition) is 10. The average molecular weight is 818 g/mol. The van der Waals surface area contributed by atoms with Gasteiger partial charge in [-0.15, -0.1) is 0 Å². The molecule has 5 amide bonds. The summed E-state index contributed by atoms with van der Waals surface area (Å²) in [6.07, 6.45) is 8.73. The Morgan fingerprint density at radius 2 is 1.72 bits per heavy atom. The van der Waals surface area contributed by atoms with Crippen molar-refractivity contribution in [1.29, 1.82) is 0 Å². The number of piperazine rings is 1. The van der Waals surface area contributed by atoms with Gasteiger partial charge in [0.15, 0.2) is 5.65 Å². The molecule has 0 radical (unpaired) electrons. The van der Waals surface area contributed by atoms with Crippen LogP contribution in [0.25, 0.3) is 5.65 Å². The first kappa shape index (κ1) is 41.2.